The first kappa shape index (κ1) is 20.7. The minimum Gasteiger partial charge on any atom is -0.355 e. The first-order chi connectivity index (χ1) is 10.3. The predicted molar refractivity (Wildman–Crippen MR) is 113 cm³/mol. The lowest BCUT2D eigenvalue weighted by Crippen LogP contribution is -2.48. The van der Waals surface area contributed by atoms with E-state index in [1.165, 1.54) is 50.3 Å². The van der Waals surface area contributed by atoms with Crippen LogP contribution in [0, 0.1) is 0 Å². The third kappa shape index (κ3) is 7.49. The van der Waals surface area contributed by atoms with Crippen LogP contribution in [0.1, 0.15) is 25.7 Å². The highest BCUT2D eigenvalue weighted by molar-refractivity contribution is 14.0. The van der Waals surface area contributed by atoms with Gasteiger partial charge in [0.05, 0.1) is 0 Å². The number of hydrogen-bond acceptors (Lipinski definition) is 4. The fourth-order valence-electron chi connectivity index (χ4n) is 3.04. The van der Waals surface area contributed by atoms with Crippen molar-refractivity contribution in [2.75, 3.05) is 51.0 Å². The number of nitrogens with zero attached hydrogens (tertiary/aromatic N) is 2. The van der Waals surface area contributed by atoms with E-state index in [1.807, 2.05) is 18.8 Å². The van der Waals surface area contributed by atoms with Gasteiger partial charge >= 0.3 is 0 Å². The molecule has 2 atom stereocenters. The molecule has 0 amide bonds. The second-order valence-electron chi connectivity index (χ2n) is 5.82. The largest absolute Gasteiger partial charge is 0.355 e. The average Bonchev–Trinajstić information content (AvgIpc) is 2.55. The Labute approximate surface area is 161 Å². The highest BCUT2D eigenvalue weighted by Crippen LogP contribution is 2.26. The highest BCUT2D eigenvalue weighted by Gasteiger charge is 2.21. The second kappa shape index (κ2) is 12.1. The van der Waals surface area contributed by atoms with Crippen LogP contribution in [0.3, 0.4) is 0 Å². The van der Waals surface area contributed by atoms with Gasteiger partial charge in [0.1, 0.15) is 0 Å². The number of hydrogen-bond donors (Lipinski definition) is 2. The molecule has 2 N–H and O–H groups in total. The predicted octanol–water partition coefficient (Wildman–Crippen LogP) is 2.49. The van der Waals surface area contributed by atoms with Crippen LogP contribution >= 0.6 is 47.5 Å². The van der Waals surface area contributed by atoms with Crippen LogP contribution in [0.5, 0.6) is 0 Å². The molecule has 1 saturated heterocycles. The summed E-state index contributed by atoms with van der Waals surface area (Å²) in [5, 5.41) is 7.91. The van der Waals surface area contributed by atoms with Gasteiger partial charge in [-0.05, 0) is 25.5 Å². The van der Waals surface area contributed by atoms with E-state index < -0.39 is 0 Å². The molecule has 1 heterocycles. The SMILES string of the molecule is CN=C(NCCN1CCSCC1)NC1CCCC(SC)C1.I. The van der Waals surface area contributed by atoms with Crippen LogP contribution in [0.15, 0.2) is 4.99 Å². The molecule has 0 aromatic heterocycles. The van der Waals surface area contributed by atoms with Gasteiger partial charge in [-0.15, -0.1) is 24.0 Å². The number of rotatable bonds is 5. The first-order valence-corrected chi connectivity index (χ1v) is 10.6. The molecule has 1 aliphatic heterocycles. The van der Waals surface area contributed by atoms with Crippen molar-refractivity contribution >= 4 is 53.5 Å². The third-order valence-electron chi connectivity index (χ3n) is 4.35. The molecular weight excluding hydrogens is 427 g/mol. The van der Waals surface area contributed by atoms with Gasteiger partial charge in [-0.25, -0.2) is 0 Å². The molecule has 2 unspecified atom stereocenters. The zero-order valence-corrected chi connectivity index (χ0v) is 17.8. The van der Waals surface area contributed by atoms with Crippen molar-refractivity contribution in [2.45, 2.75) is 37.0 Å². The van der Waals surface area contributed by atoms with Gasteiger partial charge in [0.2, 0.25) is 0 Å². The van der Waals surface area contributed by atoms with Crippen LogP contribution in [-0.2, 0) is 0 Å². The quantitative estimate of drug-likeness (QED) is 0.377. The van der Waals surface area contributed by atoms with Gasteiger partial charge in [0.15, 0.2) is 5.96 Å². The minimum atomic E-state index is 0. The fraction of sp³-hybridized carbons (Fsp3) is 0.933. The Morgan fingerprint density at radius 1 is 1.32 bits per heavy atom. The molecular formula is C15H31IN4S2. The lowest BCUT2D eigenvalue weighted by Gasteiger charge is -2.30. The van der Waals surface area contributed by atoms with E-state index in [0.717, 1.165) is 24.3 Å². The minimum absolute atomic E-state index is 0. The zero-order chi connectivity index (χ0) is 14.9. The summed E-state index contributed by atoms with van der Waals surface area (Å²) in [4.78, 5) is 6.92. The zero-order valence-electron chi connectivity index (χ0n) is 13.8. The van der Waals surface area contributed by atoms with Crippen molar-refractivity contribution in [1.29, 1.82) is 0 Å². The maximum atomic E-state index is 4.38. The molecule has 2 aliphatic rings. The Kier molecular flexibility index (Phi) is 11.4. The topological polar surface area (TPSA) is 39.7 Å². The molecule has 7 heteroatoms. The van der Waals surface area contributed by atoms with Gasteiger partial charge in [-0.1, -0.05) is 6.42 Å². The van der Waals surface area contributed by atoms with Crippen LogP contribution in [0.2, 0.25) is 0 Å². The van der Waals surface area contributed by atoms with Crippen molar-refractivity contribution in [3.05, 3.63) is 0 Å². The van der Waals surface area contributed by atoms with E-state index in [0.29, 0.717) is 6.04 Å². The number of halogens is 1. The molecule has 1 aliphatic carbocycles. The van der Waals surface area contributed by atoms with E-state index in [-0.39, 0.29) is 24.0 Å². The summed E-state index contributed by atoms with van der Waals surface area (Å²) in [5.74, 6) is 3.55. The molecule has 0 spiro atoms. The Morgan fingerprint density at radius 3 is 2.77 bits per heavy atom. The summed E-state index contributed by atoms with van der Waals surface area (Å²) >= 11 is 4.08. The van der Waals surface area contributed by atoms with E-state index >= 15 is 0 Å². The van der Waals surface area contributed by atoms with Gasteiger partial charge in [-0.2, -0.15) is 23.5 Å². The summed E-state index contributed by atoms with van der Waals surface area (Å²) in [6, 6.07) is 0.591. The van der Waals surface area contributed by atoms with Crippen molar-refractivity contribution < 1.29 is 0 Å². The lowest BCUT2D eigenvalue weighted by atomic mass is 9.95. The lowest BCUT2D eigenvalue weighted by molar-refractivity contribution is 0.306. The van der Waals surface area contributed by atoms with E-state index in [9.17, 15) is 0 Å². The summed E-state index contributed by atoms with van der Waals surface area (Å²) in [6.07, 6.45) is 7.49. The first-order valence-electron chi connectivity index (χ1n) is 8.12. The van der Waals surface area contributed by atoms with Gasteiger partial charge in [-0.3, -0.25) is 9.89 Å². The Balaban J connectivity index is 0.00000242. The maximum absolute atomic E-state index is 4.38. The molecule has 1 saturated carbocycles. The summed E-state index contributed by atoms with van der Waals surface area (Å²) in [5.41, 5.74) is 0. The fourth-order valence-corrected chi connectivity index (χ4v) is 4.84. The highest BCUT2D eigenvalue weighted by atomic mass is 127. The van der Waals surface area contributed by atoms with Crippen LogP contribution in [0.25, 0.3) is 0 Å². The second-order valence-corrected chi connectivity index (χ2v) is 8.18. The number of nitrogens with one attached hydrogen (secondary N) is 2. The van der Waals surface area contributed by atoms with E-state index in [1.54, 1.807) is 0 Å². The molecule has 130 valence electrons. The standard InChI is InChI=1S/C15H30N4S2.HI/c1-16-15(17-6-7-19-8-10-21-11-9-19)18-13-4-3-5-14(12-13)20-2;/h13-14H,3-12H2,1-2H3,(H2,16,17,18);1H. The number of aliphatic imine (C=N–C) groups is 1. The Bertz CT molecular complexity index is 325. The molecule has 2 rings (SSSR count). The van der Waals surface area contributed by atoms with Crippen molar-refractivity contribution in [2.24, 2.45) is 4.99 Å². The molecule has 0 aromatic carbocycles. The average molecular weight is 458 g/mol. The van der Waals surface area contributed by atoms with Crippen LogP contribution in [0.4, 0.5) is 0 Å². The van der Waals surface area contributed by atoms with Gasteiger partial charge in [0, 0.05) is 56.0 Å². The number of thioether (sulfide) groups is 2. The Morgan fingerprint density at radius 2 is 2.09 bits per heavy atom. The van der Waals surface area contributed by atoms with E-state index in [2.05, 4.69) is 38.5 Å². The third-order valence-corrected chi connectivity index (χ3v) is 6.39. The monoisotopic (exact) mass is 458 g/mol. The normalized spacial score (nSPS) is 27.1. The van der Waals surface area contributed by atoms with Crippen molar-refractivity contribution in [3.8, 4) is 0 Å². The number of guanidine groups is 1. The van der Waals surface area contributed by atoms with Crippen molar-refractivity contribution in [3.63, 3.8) is 0 Å². The van der Waals surface area contributed by atoms with Gasteiger partial charge in [0.25, 0.3) is 0 Å². The molecule has 2 fully saturated rings. The molecule has 4 nitrogen and oxygen atoms in total. The maximum Gasteiger partial charge on any atom is 0.191 e. The molecule has 0 bridgehead atoms. The van der Waals surface area contributed by atoms with Crippen molar-refractivity contribution in [1.82, 2.24) is 15.5 Å². The summed E-state index contributed by atoms with van der Waals surface area (Å²) in [7, 11) is 1.88. The molecule has 0 aromatic rings. The molecule has 22 heavy (non-hydrogen) atoms. The Hall–Kier alpha value is 0.660. The van der Waals surface area contributed by atoms with Crippen LogP contribution in [-0.4, -0.2) is 73.1 Å². The van der Waals surface area contributed by atoms with Gasteiger partial charge < -0.3 is 10.6 Å². The van der Waals surface area contributed by atoms with E-state index in [4.69, 9.17) is 0 Å². The molecule has 0 radical (unpaired) electrons. The smallest absolute Gasteiger partial charge is 0.191 e. The summed E-state index contributed by atoms with van der Waals surface area (Å²) in [6.45, 7) is 4.58. The summed E-state index contributed by atoms with van der Waals surface area (Å²) < 4.78 is 0. The van der Waals surface area contributed by atoms with Crippen LogP contribution < -0.4 is 10.6 Å².